The highest BCUT2D eigenvalue weighted by molar-refractivity contribution is 5.87. The molecule has 2 N–H and O–H groups in total. The standard InChI is InChI=1S/C12H17NO4/c1-2-3-5-16-6-4-13-8-11-7-10(9-17-11)12(14)15/h2,7,9,13H,1,3-6,8H2,(H,14,15). The lowest BCUT2D eigenvalue weighted by Crippen LogP contribution is -2.19. The summed E-state index contributed by atoms with van der Waals surface area (Å²) in [5.74, 6) is -0.374. The molecule has 0 saturated heterocycles. The van der Waals surface area contributed by atoms with E-state index in [1.165, 1.54) is 12.3 Å². The van der Waals surface area contributed by atoms with Gasteiger partial charge in [-0.3, -0.25) is 0 Å². The number of nitrogens with one attached hydrogen (secondary N) is 1. The number of carboxylic acid groups (broad SMARTS) is 1. The van der Waals surface area contributed by atoms with E-state index in [-0.39, 0.29) is 5.56 Å². The van der Waals surface area contributed by atoms with Crippen LogP contribution in [-0.4, -0.2) is 30.8 Å². The molecular formula is C12H17NO4. The van der Waals surface area contributed by atoms with Gasteiger partial charge in [-0.05, 0) is 12.5 Å². The molecule has 1 aromatic rings. The molecule has 0 bridgehead atoms. The Balaban J connectivity index is 2.09. The summed E-state index contributed by atoms with van der Waals surface area (Å²) in [5, 5.41) is 11.8. The Morgan fingerprint density at radius 1 is 1.59 bits per heavy atom. The molecule has 0 fully saturated rings. The van der Waals surface area contributed by atoms with Crippen LogP contribution in [0.5, 0.6) is 0 Å². The summed E-state index contributed by atoms with van der Waals surface area (Å²) in [7, 11) is 0. The lowest BCUT2D eigenvalue weighted by molar-refractivity contribution is 0.0696. The third kappa shape index (κ3) is 5.33. The molecule has 0 spiro atoms. The van der Waals surface area contributed by atoms with Gasteiger partial charge in [0.2, 0.25) is 0 Å². The van der Waals surface area contributed by atoms with Crippen LogP contribution >= 0.6 is 0 Å². The maximum atomic E-state index is 10.6. The fourth-order valence-corrected chi connectivity index (χ4v) is 1.21. The van der Waals surface area contributed by atoms with Gasteiger partial charge >= 0.3 is 5.97 Å². The first kappa shape index (κ1) is 13.5. The van der Waals surface area contributed by atoms with Crippen molar-refractivity contribution in [2.75, 3.05) is 19.8 Å². The molecule has 0 aliphatic carbocycles. The van der Waals surface area contributed by atoms with Gasteiger partial charge in [-0.15, -0.1) is 6.58 Å². The summed E-state index contributed by atoms with van der Waals surface area (Å²) in [5.41, 5.74) is 0.170. The summed E-state index contributed by atoms with van der Waals surface area (Å²) in [6.07, 6.45) is 3.89. The molecule has 94 valence electrons. The summed E-state index contributed by atoms with van der Waals surface area (Å²) in [6.45, 7) is 6.07. The summed E-state index contributed by atoms with van der Waals surface area (Å²) in [6, 6.07) is 1.51. The monoisotopic (exact) mass is 239 g/mol. The van der Waals surface area contributed by atoms with Crippen molar-refractivity contribution >= 4 is 5.97 Å². The van der Waals surface area contributed by atoms with E-state index in [2.05, 4.69) is 11.9 Å². The number of aromatic carboxylic acids is 1. The number of furan rings is 1. The van der Waals surface area contributed by atoms with Crippen LogP contribution in [0.4, 0.5) is 0 Å². The van der Waals surface area contributed by atoms with Crippen molar-refractivity contribution in [3.8, 4) is 0 Å². The quantitative estimate of drug-likeness (QED) is 0.506. The van der Waals surface area contributed by atoms with E-state index in [1.807, 2.05) is 6.08 Å². The molecule has 5 heteroatoms. The van der Waals surface area contributed by atoms with Gasteiger partial charge in [0.25, 0.3) is 0 Å². The molecular weight excluding hydrogens is 222 g/mol. The highest BCUT2D eigenvalue weighted by Gasteiger charge is 2.07. The van der Waals surface area contributed by atoms with Crippen LogP contribution in [-0.2, 0) is 11.3 Å². The Hall–Kier alpha value is -1.59. The molecule has 0 saturated carbocycles. The van der Waals surface area contributed by atoms with Gasteiger partial charge in [0.1, 0.15) is 12.0 Å². The predicted molar refractivity (Wildman–Crippen MR) is 63.0 cm³/mol. The van der Waals surface area contributed by atoms with E-state index < -0.39 is 5.97 Å². The zero-order valence-electron chi connectivity index (χ0n) is 9.65. The lowest BCUT2D eigenvalue weighted by Gasteiger charge is -2.03. The van der Waals surface area contributed by atoms with Gasteiger partial charge in [0.05, 0.1) is 25.3 Å². The average Bonchev–Trinajstić information content (AvgIpc) is 2.77. The molecule has 0 aromatic carbocycles. The Labute approximate surface area is 100 Å². The van der Waals surface area contributed by atoms with E-state index in [4.69, 9.17) is 14.3 Å². The van der Waals surface area contributed by atoms with Crippen molar-refractivity contribution in [2.45, 2.75) is 13.0 Å². The largest absolute Gasteiger partial charge is 0.478 e. The first-order valence-corrected chi connectivity index (χ1v) is 5.44. The third-order valence-electron chi connectivity index (χ3n) is 2.09. The predicted octanol–water partition coefficient (Wildman–Crippen LogP) is 1.66. The van der Waals surface area contributed by atoms with Crippen molar-refractivity contribution in [1.82, 2.24) is 5.32 Å². The smallest absolute Gasteiger partial charge is 0.338 e. The van der Waals surface area contributed by atoms with Gasteiger partial charge in [-0.1, -0.05) is 6.08 Å². The van der Waals surface area contributed by atoms with E-state index in [0.717, 1.165) is 6.42 Å². The fourth-order valence-electron chi connectivity index (χ4n) is 1.21. The number of ether oxygens (including phenoxy) is 1. The normalized spacial score (nSPS) is 10.4. The van der Waals surface area contributed by atoms with Gasteiger partial charge in [-0.25, -0.2) is 4.79 Å². The van der Waals surface area contributed by atoms with Crippen LogP contribution in [0, 0.1) is 0 Å². The molecule has 0 aliphatic rings. The Morgan fingerprint density at radius 2 is 2.41 bits per heavy atom. The second-order valence-electron chi connectivity index (χ2n) is 3.47. The Kier molecular flexibility index (Phi) is 6.06. The molecule has 5 nitrogen and oxygen atoms in total. The first-order valence-electron chi connectivity index (χ1n) is 5.44. The number of hydrogen-bond acceptors (Lipinski definition) is 4. The maximum absolute atomic E-state index is 10.6. The lowest BCUT2D eigenvalue weighted by atomic mass is 10.3. The fraction of sp³-hybridized carbons (Fsp3) is 0.417. The number of rotatable bonds is 9. The van der Waals surface area contributed by atoms with Crippen LogP contribution in [0.25, 0.3) is 0 Å². The average molecular weight is 239 g/mol. The van der Waals surface area contributed by atoms with Gasteiger partial charge in [-0.2, -0.15) is 0 Å². The molecule has 0 unspecified atom stereocenters. The minimum Gasteiger partial charge on any atom is -0.478 e. The molecule has 0 radical (unpaired) electrons. The minimum absolute atomic E-state index is 0.170. The van der Waals surface area contributed by atoms with E-state index >= 15 is 0 Å². The van der Waals surface area contributed by atoms with Crippen molar-refractivity contribution in [1.29, 1.82) is 0 Å². The van der Waals surface area contributed by atoms with Crippen LogP contribution in [0.15, 0.2) is 29.4 Å². The Morgan fingerprint density at radius 3 is 3.06 bits per heavy atom. The van der Waals surface area contributed by atoms with Crippen molar-refractivity contribution in [3.05, 3.63) is 36.3 Å². The second-order valence-corrected chi connectivity index (χ2v) is 3.47. The van der Waals surface area contributed by atoms with Gasteiger partial charge in [0, 0.05) is 6.54 Å². The highest BCUT2D eigenvalue weighted by atomic mass is 16.5. The van der Waals surface area contributed by atoms with E-state index in [0.29, 0.717) is 32.1 Å². The molecule has 17 heavy (non-hydrogen) atoms. The SMILES string of the molecule is C=CCCOCCNCc1cc(C(=O)O)co1. The molecule has 1 aromatic heterocycles. The topological polar surface area (TPSA) is 71.7 Å². The zero-order chi connectivity index (χ0) is 12.5. The van der Waals surface area contributed by atoms with Crippen molar-refractivity contribution in [2.24, 2.45) is 0 Å². The first-order chi connectivity index (χ1) is 8.24. The summed E-state index contributed by atoms with van der Waals surface area (Å²) in [4.78, 5) is 10.6. The Bertz CT molecular complexity index is 359. The molecule has 1 rings (SSSR count). The molecule has 0 atom stereocenters. The van der Waals surface area contributed by atoms with Crippen molar-refractivity contribution < 1.29 is 19.1 Å². The van der Waals surface area contributed by atoms with Crippen LogP contribution in [0.3, 0.4) is 0 Å². The second kappa shape index (κ2) is 7.65. The number of carbonyl (C=O) groups is 1. The van der Waals surface area contributed by atoms with Crippen LogP contribution < -0.4 is 5.32 Å². The van der Waals surface area contributed by atoms with E-state index in [9.17, 15) is 4.79 Å². The molecule has 1 heterocycles. The van der Waals surface area contributed by atoms with Crippen LogP contribution in [0.1, 0.15) is 22.5 Å². The molecule has 0 aliphatic heterocycles. The highest BCUT2D eigenvalue weighted by Crippen LogP contribution is 2.06. The summed E-state index contributed by atoms with van der Waals surface area (Å²) < 4.78 is 10.4. The number of hydrogen-bond donors (Lipinski definition) is 2. The zero-order valence-corrected chi connectivity index (χ0v) is 9.65. The maximum Gasteiger partial charge on any atom is 0.338 e. The van der Waals surface area contributed by atoms with Gasteiger partial charge < -0.3 is 19.6 Å². The number of carboxylic acids is 1. The van der Waals surface area contributed by atoms with E-state index in [1.54, 1.807) is 0 Å². The van der Waals surface area contributed by atoms with Gasteiger partial charge in [0.15, 0.2) is 0 Å². The minimum atomic E-state index is -0.979. The molecule has 0 amide bonds. The van der Waals surface area contributed by atoms with Crippen molar-refractivity contribution in [3.63, 3.8) is 0 Å². The summed E-state index contributed by atoms with van der Waals surface area (Å²) >= 11 is 0. The third-order valence-corrected chi connectivity index (χ3v) is 2.09. The van der Waals surface area contributed by atoms with Crippen LogP contribution in [0.2, 0.25) is 0 Å².